The predicted octanol–water partition coefficient (Wildman–Crippen LogP) is 2.67. The maximum absolute atomic E-state index is 11.7. The highest BCUT2D eigenvalue weighted by Gasteiger charge is 2.22. The first-order chi connectivity index (χ1) is 10.3. The van der Waals surface area contributed by atoms with Gasteiger partial charge in [0.05, 0.1) is 13.2 Å². The van der Waals surface area contributed by atoms with Gasteiger partial charge >= 0.3 is 0 Å². The molecule has 4 nitrogen and oxygen atoms in total. The molecule has 2 aliphatic rings. The van der Waals surface area contributed by atoms with Gasteiger partial charge in [0, 0.05) is 24.3 Å². The lowest BCUT2D eigenvalue weighted by atomic mass is 9.81. The van der Waals surface area contributed by atoms with Gasteiger partial charge in [0.25, 0.3) is 0 Å². The molecule has 21 heavy (non-hydrogen) atoms. The van der Waals surface area contributed by atoms with Crippen LogP contribution in [-0.4, -0.2) is 32.2 Å². The first kappa shape index (κ1) is 14.4. The van der Waals surface area contributed by atoms with Crippen molar-refractivity contribution in [2.45, 2.75) is 38.0 Å². The highest BCUT2D eigenvalue weighted by molar-refractivity contribution is 5.95. The highest BCUT2D eigenvalue weighted by Crippen LogP contribution is 2.36. The average molecular weight is 288 g/mol. The van der Waals surface area contributed by atoms with Gasteiger partial charge in [0.2, 0.25) is 5.91 Å². The van der Waals surface area contributed by atoms with Crippen molar-refractivity contribution in [3.8, 4) is 0 Å². The quantitative estimate of drug-likeness (QED) is 0.930. The monoisotopic (exact) mass is 288 g/mol. The van der Waals surface area contributed by atoms with Crippen LogP contribution in [0.4, 0.5) is 5.69 Å². The Labute approximate surface area is 126 Å². The number of rotatable bonds is 3. The zero-order valence-electron chi connectivity index (χ0n) is 12.5. The van der Waals surface area contributed by atoms with E-state index in [2.05, 4.69) is 11.0 Å². The summed E-state index contributed by atoms with van der Waals surface area (Å²) in [5, 5.41) is 0. The normalized spacial score (nSPS) is 20.5. The SMILES string of the molecule is NC(=O)c1ccc(N2CCOCC2)cc1C1CCCCC1. The first-order valence-corrected chi connectivity index (χ1v) is 8.02. The molecule has 1 saturated carbocycles. The van der Waals surface area contributed by atoms with Crippen LogP contribution in [0.2, 0.25) is 0 Å². The standard InChI is InChI=1S/C17H24N2O2/c18-17(20)15-7-6-14(19-8-10-21-11-9-19)12-16(15)13-4-2-1-3-5-13/h6-7,12-13H,1-5,8-11H2,(H2,18,20). The Hall–Kier alpha value is -1.55. The van der Waals surface area contributed by atoms with Crippen LogP contribution in [-0.2, 0) is 4.74 Å². The van der Waals surface area contributed by atoms with Crippen molar-refractivity contribution in [2.24, 2.45) is 5.73 Å². The molecule has 1 aromatic rings. The molecular formula is C17H24N2O2. The van der Waals surface area contributed by atoms with E-state index < -0.39 is 0 Å². The number of anilines is 1. The van der Waals surface area contributed by atoms with Crippen molar-refractivity contribution < 1.29 is 9.53 Å². The van der Waals surface area contributed by atoms with Crippen molar-refractivity contribution in [3.05, 3.63) is 29.3 Å². The largest absolute Gasteiger partial charge is 0.378 e. The highest BCUT2D eigenvalue weighted by atomic mass is 16.5. The van der Waals surface area contributed by atoms with Crippen molar-refractivity contribution in [1.82, 2.24) is 0 Å². The Morgan fingerprint density at radius 3 is 2.52 bits per heavy atom. The number of amides is 1. The van der Waals surface area contributed by atoms with E-state index in [1.807, 2.05) is 12.1 Å². The third-order valence-electron chi connectivity index (χ3n) is 4.72. The van der Waals surface area contributed by atoms with Crippen LogP contribution in [0.25, 0.3) is 0 Å². The maximum Gasteiger partial charge on any atom is 0.248 e. The molecule has 2 fully saturated rings. The summed E-state index contributed by atoms with van der Waals surface area (Å²) < 4.78 is 5.41. The van der Waals surface area contributed by atoms with Crippen LogP contribution in [0.15, 0.2) is 18.2 Å². The molecule has 1 aliphatic carbocycles. The molecule has 4 heteroatoms. The Morgan fingerprint density at radius 1 is 1.14 bits per heavy atom. The van der Waals surface area contributed by atoms with Crippen LogP contribution < -0.4 is 10.6 Å². The molecule has 0 bridgehead atoms. The third kappa shape index (κ3) is 3.21. The molecule has 0 radical (unpaired) electrons. The molecular weight excluding hydrogens is 264 g/mol. The average Bonchev–Trinajstić information content (AvgIpc) is 2.56. The van der Waals surface area contributed by atoms with Gasteiger partial charge in [-0.25, -0.2) is 0 Å². The smallest absolute Gasteiger partial charge is 0.248 e. The minimum absolute atomic E-state index is 0.302. The Kier molecular flexibility index (Phi) is 4.44. The lowest BCUT2D eigenvalue weighted by Crippen LogP contribution is -2.36. The van der Waals surface area contributed by atoms with Gasteiger partial charge in [-0.15, -0.1) is 0 Å². The number of ether oxygens (including phenoxy) is 1. The fourth-order valence-corrected chi connectivity index (χ4v) is 3.54. The molecule has 1 aliphatic heterocycles. The molecule has 1 amide bonds. The van der Waals surface area contributed by atoms with E-state index in [9.17, 15) is 4.79 Å². The second-order valence-corrected chi connectivity index (χ2v) is 6.07. The van der Waals surface area contributed by atoms with Gasteiger partial charge in [-0.3, -0.25) is 4.79 Å². The minimum Gasteiger partial charge on any atom is -0.378 e. The molecule has 1 heterocycles. The van der Waals surface area contributed by atoms with Crippen LogP contribution in [0, 0.1) is 0 Å². The van der Waals surface area contributed by atoms with E-state index in [1.54, 1.807) is 0 Å². The van der Waals surface area contributed by atoms with Gasteiger partial charge in [0.1, 0.15) is 0 Å². The van der Waals surface area contributed by atoms with Gasteiger partial charge in [0.15, 0.2) is 0 Å². The number of benzene rings is 1. The predicted molar refractivity (Wildman–Crippen MR) is 83.8 cm³/mol. The zero-order chi connectivity index (χ0) is 14.7. The summed E-state index contributed by atoms with van der Waals surface area (Å²) in [6.07, 6.45) is 6.17. The summed E-state index contributed by atoms with van der Waals surface area (Å²) in [7, 11) is 0. The van der Waals surface area contributed by atoms with E-state index in [0.29, 0.717) is 11.5 Å². The maximum atomic E-state index is 11.7. The number of hydrogen-bond donors (Lipinski definition) is 1. The summed E-state index contributed by atoms with van der Waals surface area (Å²) in [5.74, 6) is 0.186. The number of nitrogens with zero attached hydrogens (tertiary/aromatic N) is 1. The van der Waals surface area contributed by atoms with E-state index >= 15 is 0 Å². The van der Waals surface area contributed by atoms with Gasteiger partial charge in [-0.1, -0.05) is 19.3 Å². The molecule has 0 atom stereocenters. The summed E-state index contributed by atoms with van der Waals surface area (Å²) in [5.41, 5.74) is 8.64. The van der Waals surface area contributed by atoms with Crippen molar-refractivity contribution in [3.63, 3.8) is 0 Å². The number of primary amides is 1. The van der Waals surface area contributed by atoms with Crippen LogP contribution in [0.1, 0.15) is 53.9 Å². The zero-order valence-corrected chi connectivity index (χ0v) is 12.5. The fraction of sp³-hybridized carbons (Fsp3) is 0.588. The van der Waals surface area contributed by atoms with E-state index in [-0.39, 0.29) is 5.91 Å². The summed E-state index contributed by atoms with van der Waals surface area (Å²) in [4.78, 5) is 14.1. The summed E-state index contributed by atoms with van der Waals surface area (Å²) >= 11 is 0. The van der Waals surface area contributed by atoms with Crippen LogP contribution in [0.5, 0.6) is 0 Å². The summed E-state index contributed by atoms with van der Waals surface area (Å²) in [6, 6.07) is 6.14. The molecule has 1 saturated heterocycles. The summed E-state index contributed by atoms with van der Waals surface area (Å²) in [6.45, 7) is 3.38. The first-order valence-electron chi connectivity index (χ1n) is 8.02. The van der Waals surface area contributed by atoms with Gasteiger partial charge in [-0.05, 0) is 42.5 Å². The Bertz CT molecular complexity index is 504. The molecule has 3 rings (SSSR count). The Balaban J connectivity index is 1.91. The number of nitrogens with two attached hydrogens (primary N) is 1. The minimum atomic E-state index is -0.302. The molecule has 114 valence electrons. The number of carbonyl (C=O) groups excluding carboxylic acids is 1. The molecule has 0 aromatic heterocycles. The van der Waals surface area contributed by atoms with Gasteiger partial charge in [-0.2, -0.15) is 0 Å². The van der Waals surface area contributed by atoms with E-state index in [4.69, 9.17) is 10.5 Å². The van der Waals surface area contributed by atoms with Gasteiger partial charge < -0.3 is 15.4 Å². The number of carbonyl (C=O) groups is 1. The molecule has 0 unspecified atom stereocenters. The third-order valence-corrected chi connectivity index (χ3v) is 4.72. The van der Waals surface area contributed by atoms with E-state index in [0.717, 1.165) is 31.9 Å². The molecule has 1 aromatic carbocycles. The number of morpholine rings is 1. The van der Waals surface area contributed by atoms with Crippen molar-refractivity contribution in [1.29, 1.82) is 0 Å². The second kappa shape index (κ2) is 6.48. The molecule has 0 spiro atoms. The fourth-order valence-electron chi connectivity index (χ4n) is 3.54. The van der Waals surface area contributed by atoms with E-state index in [1.165, 1.54) is 37.8 Å². The van der Waals surface area contributed by atoms with Crippen LogP contribution >= 0.6 is 0 Å². The van der Waals surface area contributed by atoms with Crippen LogP contribution in [0.3, 0.4) is 0 Å². The van der Waals surface area contributed by atoms with Crippen molar-refractivity contribution >= 4 is 11.6 Å². The van der Waals surface area contributed by atoms with Crippen molar-refractivity contribution in [2.75, 3.05) is 31.2 Å². The Morgan fingerprint density at radius 2 is 1.86 bits per heavy atom. The lowest BCUT2D eigenvalue weighted by molar-refractivity contribution is 0.0998. The second-order valence-electron chi connectivity index (χ2n) is 6.07. The topological polar surface area (TPSA) is 55.6 Å². The number of hydrogen-bond acceptors (Lipinski definition) is 3. The molecule has 2 N–H and O–H groups in total. The lowest BCUT2D eigenvalue weighted by Gasteiger charge is -2.31.